The molecule has 5 nitrogen and oxygen atoms in total. The van der Waals surface area contributed by atoms with Crippen LogP contribution >= 0.6 is 0 Å². The lowest BCUT2D eigenvalue weighted by Crippen LogP contribution is -2.36. The van der Waals surface area contributed by atoms with Crippen LogP contribution in [0.15, 0.2) is 49.1 Å². The number of hydrogen-bond donors (Lipinski definition) is 1. The van der Waals surface area contributed by atoms with Crippen LogP contribution in [0.25, 0.3) is 0 Å². The highest BCUT2D eigenvalue weighted by molar-refractivity contribution is 5.93. The van der Waals surface area contributed by atoms with Crippen molar-refractivity contribution in [2.75, 3.05) is 0 Å². The molecule has 0 unspecified atom stereocenters. The third kappa shape index (κ3) is 2.85. The number of carbonyl (C=O) groups excluding carboxylic acids is 1. The molecule has 86 valence electrons. The molecule has 0 aromatic carbocycles. The van der Waals surface area contributed by atoms with Crippen molar-refractivity contribution in [3.8, 4) is 0 Å². The van der Waals surface area contributed by atoms with E-state index in [2.05, 4.69) is 9.97 Å². The lowest BCUT2D eigenvalue weighted by Gasteiger charge is -2.16. The van der Waals surface area contributed by atoms with Gasteiger partial charge in [-0.2, -0.15) is 0 Å². The van der Waals surface area contributed by atoms with Gasteiger partial charge in [-0.15, -0.1) is 0 Å². The quantitative estimate of drug-likeness (QED) is 0.483. The van der Waals surface area contributed by atoms with E-state index < -0.39 is 0 Å². The Balaban J connectivity index is 2.06. The zero-order chi connectivity index (χ0) is 12.1. The van der Waals surface area contributed by atoms with Crippen molar-refractivity contribution in [3.63, 3.8) is 0 Å². The van der Waals surface area contributed by atoms with E-state index in [0.29, 0.717) is 12.1 Å². The lowest BCUT2D eigenvalue weighted by molar-refractivity contribution is 0.0742. The summed E-state index contributed by atoms with van der Waals surface area (Å²) in [5.74, 6) is 5.46. The summed E-state index contributed by atoms with van der Waals surface area (Å²) in [7, 11) is 0. The van der Waals surface area contributed by atoms with Gasteiger partial charge in [-0.25, -0.2) is 5.84 Å². The molecule has 0 aliphatic carbocycles. The van der Waals surface area contributed by atoms with Crippen LogP contribution in [0, 0.1) is 0 Å². The Hall–Kier alpha value is -2.27. The van der Waals surface area contributed by atoms with Crippen LogP contribution in [0.4, 0.5) is 0 Å². The Morgan fingerprint density at radius 3 is 2.59 bits per heavy atom. The Morgan fingerprint density at radius 1 is 1.18 bits per heavy atom. The number of nitrogens with two attached hydrogens (primary N) is 1. The van der Waals surface area contributed by atoms with E-state index in [-0.39, 0.29) is 5.91 Å². The number of carbonyl (C=O) groups is 1. The maximum absolute atomic E-state index is 11.9. The van der Waals surface area contributed by atoms with Gasteiger partial charge in [0.1, 0.15) is 0 Å². The minimum atomic E-state index is -0.255. The van der Waals surface area contributed by atoms with Crippen LogP contribution < -0.4 is 5.84 Å². The molecule has 0 saturated heterocycles. The summed E-state index contributed by atoms with van der Waals surface area (Å²) in [6.07, 6.45) is 6.44. The second-order valence-corrected chi connectivity index (χ2v) is 3.53. The van der Waals surface area contributed by atoms with Gasteiger partial charge in [0.05, 0.1) is 12.1 Å². The number of aromatic nitrogens is 2. The average molecular weight is 228 g/mol. The molecule has 0 bridgehead atoms. The number of nitrogens with zero attached hydrogens (tertiary/aromatic N) is 3. The molecular weight excluding hydrogens is 216 g/mol. The first-order valence-corrected chi connectivity index (χ1v) is 5.13. The van der Waals surface area contributed by atoms with Crippen LogP contribution in [0.3, 0.4) is 0 Å². The van der Waals surface area contributed by atoms with Gasteiger partial charge in [0, 0.05) is 24.8 Å². The van der Waals surface area contributed by atoms with Crippen molar-refractivity contribution < 1.29 is 4.79 Å². The number of rotatable bonds is 3. The van der Waals surface area contributed by atoms with E-state index >= 15 is 0 Å². The maximum atomic E-state index is 11.9. The molecule has 0 spiro atoms. The molecule has 1 amide bonds. The predicted molar refractivity (Wildman–Crippen MR) is 62.5 cm³/mol. The van der Waals surface area contributed by atoms with E-state index in [4.69, 9.17) is 5.84 Å². The molecule has 0 atom stereocenters. The molecule has 2 N–H and O–H groups in total. The van der Waals surface area contributed by atoms with Gasteiger partial charge < -0.3 is 0 Å². The van der Waals surface area contributed by atoms with E-state index in [1.165, 1.54) is 6.20 Å². The summed E-state index contributed by atoms with van der Waals surface area (Å²) >= 11 is 0. The third-order valence-corrected chi connectivity index (χ3v) is 2.27. The van der Waals surface area contributed by atoms with Crippen molar-refractivity contribution in [3.05, 3.63) is 60.2 Å². The van der Waals surface area contributed by atoms with Crippen LogP contribution in [0.2, 0.25) is 0 Å². The molecule has 0 saturated carbocycles. The first-order chi connectivity index (χ1) is 8.27. The van der Waals surface area contributed by atoms with Gasteiger partial charge in [-0.05, 0) is 29.8 Å². The molecule has 0 radical (unpaired) electrons. The molecule has 2 heterocycles. The van der Waals surface area contributed by atoms with Gasteiger partial charge in [0.25, 0.3) is 5.91 Å². The first kappa shape index (κ1) is 11.2. The molecular formula is C12H12N4O. The molecule has 0 aliphatic rings. The molecule has 2 aromatic rings. The zero-order valence-electron chi connectivity index (χ0n) is 9.15. The number of amides is 1. The van der Waals surface area contributed by atoms with Gasteiger partial charge in [0.15, 0.2) is 0 Å². The topological polar surface area (TPSA) is 72.1 Å². The van der Waals surface area contributed by atoms with Gasteiger partial charge in [0.2, 0.25) is 0 Å². The van der Waals surface area contributed by atoms with Crippen LogP contribution in [-0.4, -0.2) is 20.9 Å². The van der Waals surface area contributed by atoms with E-state index in [1.54, 1.807) is 30.7 Å². The Morgan fingerprint density at radius 2 is 1.94 bits per heavy atom. The van der Waals surface area contributed by atoms with Crippen LogP contribution in [-0.2, 0) is 6.54 Å². The molecule has 0 aliphatic heterocycles. The fourth-order valence-corrected chi connectivity index (χ4v) is 1.41. The number of pyridine rings is 2. The van der Waals surface area contributed by atoms with Gasteiger partial charge in [-0.1, -0.05) is 0 Å². The minimum absolute atomic E-state index is 0.255. The van der Waals surface area contributed by atoms with Crippen molar-refractivity contribution in [2.45, 2.75) is 6.54 Å². The van der Waals surface area contributed by atoms with Crippen molar-refractivity contribution >= 4 is 5.91 Å². The molecule has 2 rings (SSSR count). The Bertz CT molecular complexity index is 486. The summed E-state index contributed by atoms with van der Waals surface area (Å²) in [5.41, 5.74) is 1.41. The number of hydrogen-bond acceptors (Lipinski definition) is 4. The van der Waals surface area contributed by atoms with Crippen molar-refractivity contribution in [1.82, 2.24) is 15.0 Å². The van der Waals surface area contributed by atoms with Crippen LogP contribution in [0.1, 0.15) is 15.9 Å². The highest BCUT2D eigenvalue weighted by Gasteiger charge is 2.12. The highest BCUT2D eigenvalue weighted by Crippen LogP contribution is 2.04. The number of hydrazine groups is 1. The summed E-state index contributed by atoms with van der Waals surface area (Å²) in [4.78, 5) is 19.7. The van der Waals surface area contributed by atoms with E-state index in [0.717, 1.165) is 10.6 Å². The van der Waals surface area contributed by atoms with E-state index in [1.807, 2.05) is 12.1 Å². The van der Waals surface area contributed by atoms with Crippen LogP contribution in [0.5, 0.6) is 0 Å². The SMILES string of the molecule is NN(Cc1ccncc1)C(=O)c1cccnc1. The summed E-state index contributed by atoms with van der Waals surface area (Å²) in [5, 5.41) is 1.16. The third-order valence-electron chi connectivity index (χ3n) is 2.27. The second kappa shape index (κ2) is 5.18. The highest BCUT2D eigenvalue weighted by atomic mass is 16.2. The monoisotopic (exact) mass is 228 g/mol. The fraction of sp³-hybridized carbons (Fsp3) is 0.0833. The minimum Gasteiger partial charge on any atom is -0.272 e. The second-order valence-electron chi connectivity index (χ2n) is 3.53. The largest absolute Gasteiger partial charge is 0.272 e. The average Bonchev–Trinajstić information content (AvgIpc) is 2.40. The van der Waals surface area contributed by atoms with Gasteiger partial charge >= 0.3 is 0 Å². The first-order valence-electron chi connectivity index (χ1n) is 5.13. The normalized spacial score (nSPS) is 9.94. The summed E-state index contributed by atoms with van der Waals surface area (Å²) in [6, 6.07) is 7.02. The summed E-state index contributed by atoms with van der Waals surface area (Å²) < 4.78 is 0. The van der Waals surface area contributed by atoms with Crippen molar-refractivity contribution in [2.24, 2.45) is 5.84 Å². The van der Waals surface area contributed by atoms with Gasteiger partial charge in [-0.3, -0.25) is 19.8 Å². The molecule has 0 fully saturated rings. The lowest BCUT2D eigenvalue weighted by atomic mass is 10.2. The predicted octanol–water partition coefficient (Wildman–Crippen LogP) is 0.993. The Kier molecular flexibility index (Phi) is 3.42. The molecule has 17 heavy (non-hydrogen) atoms. The smallest absolute Gasteiger partial charge is 0.269 e. The van der Waals surface area contributed by atoms with Crippen molar-refractivity contribution in [1.29, 1.82) is 0 Å². The van der Waals surface area contributed by atoms with E-state index in [9.17, 15) is 4.79 Å². The molecule has 2 aromatic heterocycles. The zero-order valence-corrected chi connectivity index (χ0v) is 9.15. The molecule has 5 heteroatoms. The maximum Gasteiger partial charge on any atom is 0.269 e. The summed E-state index contributed by atoms with van der Waals surface area (Å²) in [6.45, 7) is 0.343. The standard InChI is InChI=1S/C12H12N4O/c13-16(9-10-3-6-14-7-4-10)12(17)11-2-1-5-15-8-11/h1-8H,9,13H2. The fourth-order valence-electron chi connectivity index (χ4n) is 1.41. The Labute approximate surface area is 98.9 Å².